The molecule has 0 nitrogen and oxygen atoms in total. The van der Waals surface area contributed by atoms with E-state index < -0.39 is 0 Å². The summed E-state index contributed by atoms with van der Waals surface area (Å²) in [4.78, 5) is 0. The van der Waals surface area contributed by atoms with Crippen LogP contribution in [0.5, 0.6) is 0 Å². The first-order chi connectivity index (χ1) is 45.0. The monoisotopic (exact) mass is 1990 g/mol. The Kier molecular flexibility index (Phi) is 72.1. The van der Waals surface area contributed by atoms with Crippen molar-refractivity contribution in [2.24, 2.45) is 0 Å². The first kappa shape index (κ1) is 114. The van der Waals surface area contributed by atoms with Gasteiger partial charge in [0.05, 0.1) is 99.9 Å². The molecule has 0 aromatic carbocycles. The Morgan fingerprint density at radius 1 is 0.240 bits per heavy atom. The van der Waals surface area contributed by atoms with Crippen LogP contribution < -0.4 is 0 Å². The van der Waals surface area contributed by atoms with Crippen LogP contribution in [0.3, 0.4) is 0 Å². The number of rotatable bonds is 14. The zero-order valence-electron chi connectivity index (χ0n) is 69.7. The topological polar surface area (TPSA) is 0 Å². The van der Waals surface area contributed by atoms with E-state index in [0.29, 0.717) is 20.6 Å². The minimum absolute atomic E-state index is 0. The molecule has 10 fully saturated rings. The Hall–Kier alpha value is 7.29. The van der Waals surface area contributed by atoms with Gasteiger partial charge in [-0.3, -0.25) is 0 Å². The molecule has 0 aliphatic heterocycles. The molecule has 0 aromatic heterocycles. The zero-order chi connectivity index (χ0) is 71.4. The molecule has 0 heterocycles. The molecule has 0 spiro atoms. The Bertz CT molecular complexity index is 1590. The fourth-order valence-corrected chi connectivity index (χ4v) is 53.5. The van der Waals surface area contributed by atoms with E-state index in [0.717, 1.165) is 45.3 Å². The number of hydrogen-bond acceptors (Lipinski definition) is 0. The van der Waals surface area contributed by atoms with Gasteiger partial charge in [0.1, 0.15) is 0 Å². The van der Waals surface area contributed by atoms with Crippen molar-refractivity contribution in [1.82, 2.24) is 0 Å². The average molecular weight is 2000 g/mol. The normalized spacial score (nSPS) is 21.5. The summed E-state index contributed by atoms with van der Waals surface area (Å²) >= 11 is 4.34. The third-order valence-corrected chi connectivity index (χ3v) is 51.8. The Morgan fingerprint density at radius 3 is 0.470 bits per heavy atom. The quantitative estimate of drug-likeness (QED) is 0.0924. The Balaban J connectivity index is -0.000000541. The van der Waals surface area contributed by atoms with E-state index >= 15 is 0 Å². The molecule has 0 saturated heterocycles. The first-order valence-corrected chi connectivity index (χ1v) is 59.4. The van der Waals surface area contributed by atoms with Crippen LogP contribution in [0.2, 0.25) is 0 Å². The zero-order valence-corrected chi connectivity index (χ0v) is 86.7. The molecule has 0 atom stereocenters. The molecule has 10 saturated carbocycles. The summed E-state index contributed by atoms with van der Waals surface area (Å²) in [6.07, 6.45) is 68.8. The van der Waals surface area contributed by atoms with E-state index in [1.807, 2.05) is 0 Å². The van der Waals surface area contributed by atoms with Gasteiger partial charge in [-0.2, -0.15) is 0 Å². The second-order valence-corrected chi connectivity index (χ2v) is 64.5. The van der Waals surface area contributed by atoms with Gasteiger partial charge in [-0.1, -0.05) is 25.7 Å². The summed E-state index contributed by atoms with van der Waals surface area (Å²) in [5.41, 5.74) is 15.8. The molecule has 616 valence electrons. The third-order valence-electron chi connectivity index (χ3n) is 25.0. The van der Waals surface area contributed by atoms with Crippen LogP contribution >= 0.6 is 85.6 Å². The average Bonchev–Trinajstić information content (AvgIpc) is 1.13. The van der Waals surface area contributed by atoms with E-state index in [2.05, 4.69) is 194 Å². The van der Waals surface area contributed by atoms with Gasteiger partial charge in [-0.25, -0.2) is 0 Å². The summed E-state index contributed by atoms with van der Waals surface area (Å²) in [7, 11) is 17.9. The maximum absolute atomic E-state index is 4.81. The van der Waals surface area contributed by atoms with Crippen molar-refractivity contribution in [3.8, 4) is 0 Å². The van der Waals surface area contributed by atoms with Crippen LogP contribution in [0.25, 0.3) is 0 Å². The van der Waals surface area contributed by atoms with Gasteiger partial charge >= 0.3 is 90.4 Å². The molecule has 100 heavy (non-hydrogen) atoms. The van der Waals surface area contributed by atoms with Crippen LogP contribution in [-0.2, 0) is 104 Å². The van der Waals surface area contributed by atoms with E-state index in [-0.39, 0.29) is 130 Å². The van der Waals surface area contributed by atoms with E-state index in [9.17, 15) is 0 Å². The summed E-state index contributed by atoms with van der Waals surface area (Å²) in [6, 6.07) is 0. The molecule has 0 unspecified atom stereocenters. The maximum Gasteiger partial charge on any atom is 0 e. The van der Waals surface area contributed by atoms with Crippen LogP contribution in [-0.4, -0.2) is 99.9 Å². The van der Waals surface area contributed by atoms with Crippen molar-refractivity contribution >= 4 is 85.6 Å². The molecular weight excluding hydrogens is 1820 g/mol. The van der Waals surface area contributed by atoms with Crippen LogP contribution in [0.4, 0.5) is 0 Å². The van der Waals surface area contributed by atoms with Gasteiger partial charge in [0.15, 0.2) is 0 Å². The fraction of sp³-hybridized carbons (Fsp3) is 0.976. The first-order valence-electron chi connectivity index (χ1n) is 41.3. The largest absolute Gasteiger partial charge is 0 e. The summed E-state index contributed by atoms with van der Waals surface area (Å²) < 4.78 is 0. The summed E-state index contributed by atoms with van der Waals surface area (Å²) in [5, 5.41) is 2.27. The van der Waals surface area contributed by atoms with E-state index in [4.69, 9.17) is 19.1 Å². The van der Waals surface area contributed by atoms with Crippen molar-refractivity contribution in [2.75, 3.05) is 0 Å². The van der Waals surface area contributed by atoms with Gasteiger partial charge < -0.3 is 14.9 Å². The van der Waals surface area contributed by atoms with Gasteiger partial charge in [0.25, 0.3) is 0 Å². The molecule has 0 radical (unpaired) electrons. The van der Waals surface area contributed by atoms with Gasteiger partial charge in [-0.05, 0) is 395 Å². The third kappa shape index (κ3) is 44.0. The van der Waals surface area contributed by atoms with Crippen LogP contribution in [0.15, 0.2) is 0 Å². The molecule has 10 rings (SSSR count). The second-order valence-electron chi connectivity index (χ2n) is 37.7. The summed E-state index contributed by atoms with van der Waals surface area (Å²) in [6.45, 7) is 49.1. The minimum Gasteiger partial charge on any atom is 0 e. The summed E-state index contributed by atoms with van der Waals surface area (Å²) in [5.74, 6) is 0. The smallest absolute Gasteiger partial charge is 0 e. The Labute approximate surface area is 716 Å². The number of halogens is 4. The molecule has 16 heteroatoms. The maximum atomic E-state index is 4.81. The predicted octanol–water partition coefficient (Wildman–Crippen LogP) is 32.7. The molecule has 0 aromatic rings. The van der Waals surface area contributed by atoms with Crippen LogP contribution in [0.1, 0.15) is 421 Å². The predicted molar refractivity (Wildman–Crippen MR) is 467 cm³/mol. The van der Waals surface area contributed by atoms with Gasteiger partial charge in [0.2, 0.25) is 0 Å². The van der Waals surface area contributed by atoms with E-state index in [1.54, 1.807) is 205 Å². The van der Waals surface area contributed by atoms with Crippen molar-refractivity contribution in [2.45, 2.75) is 521 Å². The van der Waals surface area contributed by atoms with Crippen molar-refractivity contribution in [1.29, 1.82) is 0 Å². The fourth-order valence-electron chi connectivity index (χ4n) is 23.1. The van der Waals surface area contributed by atoms with Crippen LogP contribution in [0, 0.1) is 14.9 Å². The molecule has 10 aliphatic rings. The SMILES string of the molecule is C1CCC([PH+](C2CCCCC2)C2CCCC2)CC1.C1CCC([PH+](C2CCCCC2)C2CCCC2)CC1.CC(C)(C)[PH+](C1CCCC1)C(C)(C)C.CC(C)(C)[PH+](C1CCCC1)C(C)(C)C.CC(C)[PH+](C(C)C)C1CCCC1.CC(C)[PH+](C(C)C)C1CCCC1.[CH3-].[CH3-].[Cl][Pd+].[Cl][Pd+].[Cl][Pd][Cl].[Fe].[Fe].[Fe]. The molecular formula is C84H174Cl4Fe3P6Pd3+6. The molecule has 10 aliphatic carbocycles. The van der Waals surface area contributed by atoms with Crippen molar-refractivity contribution in [3.05, 3.63) is 14.9 Å². The standard InChI is InChI=1S/2C17H31P.2C13H27P.2C11H23P.2CH3.4ClH.3Fe.3Pd/c2*1-3-9-15(10-4-1)18(17-13-7-8-14-17)16-11-5-2-6-12-16;2*1-12(2,3)14(13(4,5)6)11-9-7-8-10-11;2*1-9(2)12(10(3)4)11-7-5-6-8-11;;;;;;;;;;;;/h2*15-17H,1-14H2;2*11H,7-10H2,1-6H3;2*9-11H,5-8H2,1-4H3;2*1H3;4*1H;;;;;;/q;;;;;;2*-1;;;;;;;;3*+2/p+2. The minimum atomic E-state index is -0.253. The van der Waals surface area contributed by atoms with Crippen molar-refractivity contribution < 1.29 is 104 Å². The molecule has 0 amide bonds. The number of hydrogen-bond donors (Lipinski definition) is 0. The van der Waals surface area contributed by atoms with E-state index in [1.165, 1.54) is 111 Å². The van der Waals surface area contributed by atoms with Gasteiger partial charge in [-0.15, -0.1) is 0 Å². The van der Waals surface area contributed by atoms with Crippen molar-refractivity contribution in [3.63, 3.8) is 0 Å². The second kappa shape index (κ2) is 63.4. The molecule has 0 N–H and O–H groups in total. The molecule has 0 bridgehead atoms. The van der Waals surface area contributed by atoms with Gasteiger partial charge in [0, 0.05) is 98.7 Å². The Morgan fingerprint density at radius 2 is 0.350 bits per heavy atom.